The van der Waals surface area contributed by atoms with Gasteiger partial charge in [-0.25, -0.2) is 0 Å². The number of hydrogen-bond acceptors (Lipinski definition) is 6. The molecule has 0 rings (SSSR count). The van der Waals surface area contributed by atoms with Gasteiger partial charge in [-0.05, 0) is 14.1 Å². The molecule has 0 aliphatic heterocycles. The van der Waals surface area contributed by atoms with Crippen LogP contribution in [0.3, 0.4) is 0 Å². The molecule has 0 saturated heterocycles. The number of likely N-dealkylation sites (N-methyl/N-ethyl adjacent to an activating group) is 2. The van der Waals surface area contributed by atoms with Gasteiger partial charge in [-0.2, -0.15) is 0 Å². The van der Waals surface area contributed by atoms with Crippen LogP contribution in [0.2, 0.25) is 0 Å². The number of amides is 2. The van der Waals surface area contributed by atoms with Crippen molar-refractivity contribution in [2.45, 2.75) is 12.8 Å². The zero-order valence-corrected chi connectivity index (χ0v) is 13.9. The molecule has 8 heteroatoms. The van der Waals surface area contributed by atoms with Gasteiger partial charge in [0.1, 0.15) is 0 Å². The highest BCUT2D eigenvalue weighted by Crippen LogP contribution is 1.78. The fourth-order valence-electron chi connectivity index (χ4n) is 1.66. The van der Waals surface area contributed by atoms with E-state index in [0.29, 0.717) is 39.0 Å². The van der Waals surface area contributed by atoms with Crippen molar-refractivity contribution >= 4 is 11.8 Å². The maximum atomic E-state index is 11.4. The maximum absolute atomic E-state index is 11.4. The summed E-state index contributed by atoms with van der Waals surface area (Å²) in [4.78, 5) is 22.8. The lowest BCUT2D eigenvalue weighted by molar-refractivity contribution is -0.121. The zero-order valence-electron chi connectivity index (χ0n) is 13.9. The minimum atomic E-state index is 0.0638. The van der Waals surface area contributed by atoms with Crippen molar-refractivity contribution in [3.63, 3.8) is 0 Å². The van der Waals surface area contributed by atoms with Gasteiger partial charge in [0.2, 0.25) is 11.8 Å². The summed E-state index contributed by atoms with van der Waals surface area (Å²) in [5, 5.41) is 18.0. The molecule has 8 nitrogen and oxygen atoms in total. The van der Waals surface area contributed by atoms with Crippen molar-refractivity contribution in [1.82, 2.24) is 31.9 Å². The van der Waals surface area contributed by atoms with Crippen LogP contribution in [0, 0.1) is 0 Å². The average Bonchev–Trinajstić information content (AvgIpc) is 2.50. The van der Waals surface area contributed by atoms with E-state index in [1.54, 1.807) is 0 Å². The third-order valence-corrected chi connectivity index (χ3v) is 2.93. The lowest BCUT2D eigenvalue weighted by Gasteiger charge is -2.08. The van der Waals surface area contributed by atoms with Gasteiger partial charge in [0.25, 0.3) is 0 Å². The largest absolute Gasteiger partial charge is 0.355 e. The standard InChI is InChI=1S/C14H32N6O2/c1-15-7-11-19-13(21)3-5-17-9-10-18-6-4-14(22)20-12-8-16-2/h15-18H,3-12H2,1-2H3,(H,19,21)(H,20,22). The SMILES string of the molecule is CNCCNC(=O)CCNCCNCCC(=O)NCCNC. The monoisotopic (exact) mass is 316 g/mol. The minimum Gasteiger partial charge on any atom is -0.355 e. The quantitative estimate of drug-likeness (QED) is 0.188. The van der Waals surface area contributed by atoms with E-state index in [4.69, 9.17) is 0 Å². The molecule has 2 amide bonds. The van der Waals surface area contributed by atoms with Gasteiger partial charge in [0.15, 0.2) is 0 Å². The Labute approximate surface area is 133 Å². The lowest BCUT2D eigenvalue weighted by Crippen LogP contribution is -2.35. The Hall–Kier alpha value is -1.22. The Bertz CT molecular complexity index is 261. The molecular weight excluding hydrogens is 284 g/mol. The molecule has 0 unspecified atom stereocenters. The summed E-state index contributed by atoms with van der Waals surface area (Å²) in [5.74, 6) is 0.128. The summed E-state index contributed by atoms with van der Waals surface area (Å²) in [6.07, 6.45) is 0.967. The predicted molar refractivity (Wildman–Crippen MR) is 88.8 cm³/mol. The number of rotatable bonds is 15. The number of carbonyl (C=O) groups excluding carboxylic acids is 2. The molecule has 0 fully saturated rings. The summed E-state index contributed by atoms with van der Waals surface area (Å²) >= 11 is 0. The molecule has 0 heterocycles. The summed E-state index contributed by atoms with van der Waals surface area (Å²) in [7, 11) is 3.71. The van der Waals surface area contributed by atoms with Gasteiger partial charge in [0.05, 0.1) is 0 Å². The van der Waals surface area contributed by atoms with Crippen LogP contribution in [0.4, 0.5) is 0 Å². The van der Waals surface area contributed by atoms with Crippen LogP contribution in [0.25, 0.3) is 0 Å². The van der Waals surface area contributed by atoms with Crippen LogP contribution in [0.5, 0.6) is 0 Å². The molecule has 22 heavy (non-hydrogen) atoms. The Balaban J connectivity index is 3.23. The van der Waals surface area contributed by atoms with Gasteiger partial charge in [0, 0.05) is 65.2 Å². The third-order valence-electron chi connectivity index (χ3n) is 2.93. The minimum absolute atomic E-state index is 0.0638. The fraction of sp³-hybridized carbons (Fsp3) is 0.857. The summed E-state index contributed by atoms with van der Waals surface area (Å²) in [5.41, 5.74) is 0. The van der Waals surface area contributed by atoms with E-state index in [1.165, 1.54) is 0 Å². The van der Waals surface area contributed by atoms with Crippen LogP contribution in [-0.4, -0.2) is 78.3 Å². The summed E-state index contributed by atoms with van der Waals surface area (Å²) in [6.45, 7) is 5.78. The Kier molecular flexibility index (Phi) is 15.3. The Morgan fingerprint density at radius 2 is 1.00 bits per heavy atom. The first kappa shape index (κ1) is 20.8. The van der Waals surface area contributed by atoms with Crippen LogP contribution in [-0.2, 0) is 9.59 Å². The summed E-state index contributed by atoms with van der Waals surface area (Å²) < 4.78 is 0. The van der Waals surface area contributed by atoms with Gasteiger partial charge in [-0.3, -0.25) is 9.59 Å². The van der Waals surface area contributed by atoms with Crippen molar-refractivity contribution in [3.8, 4) is 0 Å². The highest BCUT2D eigenvalue weighted by atomic mass is 16.2. The second-order valence-corrected chi connectivity index (χ2v) is 4.91. The molecule has 0 radical (unpaired) electrons. The third kappa shape index (κ3) is 15.2. The Morgan fingerprint density at radius 3 is 1.36 bits per heavy atom. The molecule has 0 aromatic rings. The molecule has 0 atom stereocenters. The number of nitrogens with one attached hydrogen (secondary N) is 6. The van der Waals surface area contributed by atoms with E-state index in [-0.39, 0.29) is 11.8 Å². The molecule has 0 aromatic heterocycles. The topological polar surface area (TPSA) is 106 Å². The normalized spacial score (nSPS) is 10.5. The van der Waals surface area contributed by atoms with Crippen molar-refractivity contribution < 1.29 is 9.59 Å². The van der Waals surface area contributed by atoms with Gasteiger partial charge < -0.3 is 31.9 Å². The predicted octanol–water partition coefficient (Wildman–Crippen LogP) is -2.38. The zero-order chi connectivity index (χ0) is 16.5. The lowest BCUT2D eigenvalue weighted by atomic mass is 10.3. The van der Waals surface area contributed by atoms with Gasteiger partial charge >= 0.3 is 0 Å². The molecule has 0 bridgehead atoms. The van der Waals surface area contributed by atoms with Gasteiger partial charge in [-0.15, -0.1) is 0 Å². The summed E-state index contributed by atoms with van der Waals surface area (Å²) in [6, 6.07) is 0. The molecule has 0 saturated carbocycles. The van der Waals surface area contributed by atoms with E-state index in [0.717, 1.165) is 26.2 Å². The van der Waals surface area contributed by atoms with Crippen LogP contribution >= 0.6 is 0 Å². The smallest absolute Gasteiger partial charge is 0.221 e. The molecule has 0 aliphatic carbocycles. The molecule has 0 aliphatic rings. The first-order valence-electron chi connectivity index (χ1n) is 7.94. The van der Waals surface area contributed by atoms with Crippen LogP contribution in [0.15, 0.2) is 0 Å². The first-order valence-corrected chi connectivity index (χ1v) is 7.94. The average molecular weight is 316 g/mol. The Morgan fingerprint density at radius 1 is 0.591 bits per heavy atom. The van der Waals surface area contributed by atoms with Crippen LogP contribution < -0.4 is 31.9 Å². The van der Waals surface area contributed by atoms with E-state index >= 15 is 0 Å². The van der Waals surface area contributed by atoms with E-state index in [9.17, 15) is 9.59 Å². The van der Waals surface area contributed by atoms with Gasteiger partial charge in [-0.1, -0.05) is 0 Å². The molecule has 0 spiro atoms. The first-order chi connectivity index (χ1) is 10.7. The van der Waals surface area contributed by atoms with E-state index < -0.39 is 0 Å². The van der Waals surface area contributed by atoms with Crippen LogP contribution in [0.1, 0.15) is 12.8 Å². The fourth-order valence-corrected chi connectivity index (χ4v) is 1.66. The van der Waals surface area contributed by atoms with Crippen molar-refractivity contribution in [3.05, 3.63) is 0 Å². The second-order valence-electron chi connectivity index (χ2n) is 4.91. The number of carbonyl (C=O) groups is 2. The number of hydrogen-bond donors (Lipinski definition) is 6. The van der Waals surface area contributed by atoms with E-state index in [2.05, 4.69) is 31.9 Å². The maximum Gasteiger partial charge on any atom is 0.221 e. The van der Waals surface area contributed by atoms with E-state index in [1.807, 2.05) is 14.1 Å². The highest BCUT2D eigenvalue weighted by molar-refractivity contribution is 5.76. The molecule has 0 aromatic carbocycles. The second kappa shape index (κ2) is 16.2. The van der Waals surface area contributed by atoms with Crippen molar-refractivity contribution in [2.24, 2.45) is 0 Å². The van der Waals surface area contributed by atoms with Crippen molar-refractivity contribution in [1.29, 1.82) is 0 Å². The van der Waals surface area contributed by atoms with Crippen molar-refractivity contribution in [2.75, 3.05) is 66.5 Å². The highest BCUT2D eigenvalue weighted by Gasteiger charge is 2.00. The molecule has 6 N–H and O–H groups in total. The molecule has 130 valence electrons. The molecular formula is C14H32N6O2.